The summed E-state index contributed by atoms with van der Waals surface area (Å²) in [6.45, 7) is 1.93. The number of carbonyl (C=O) groups is 1. The topological polar surface area (TPSA) is 33.5 Å². The van der Waals surface area contributed by atoms with E-state index in [1.807, 2.05) is 49.4 Å². The number of nitrogens with zero attached hydrogens (tertiary/aromatic N) is 1. The number of furan rings is 1. The van der Waals surface area contributed by atoms with Crippen molar-refractivity contribution < 1.29 is 9.21 Å². The second-order valence-corrected chi connectivity index (χ2v) is 5.73. The average Bonchev–Trinajstić information content (AvgIpc) is 2.90. The summed E-state index contributed by atoms with van der Waals surface area (Å²) in [6, 6.07) is 13.3. The van der Waals surface area contributed by atoms with Crippen molar-refractivity contribution in [2.45, 2.75) is 13.3 Å². The molecule has 0 aliphatic heterocycles. The zero-order valence-electron chi connectivity index (χ0n) is 12.5. The smallest absolute Gasteiger partial charge is 0.231 e. The zero-order chi connectivity index (χ0) is 15.7. The predicted molar refractivity (Wildman–Crippen MR) is 89.5 cm³/mol. The second kappa shape index (κ2) is 5.85. The third kappa shape index (κ3) is 2.72. The van der Waals surface area contributed by atoms with Crippen molar-refractivity contribution >= 4 is 34.2 Å². The summed E-state index contributed by atoms with van der Waals surface area (Å²) in [5, 5.41) is 1.57. The fraction of sp³-hybridized carbons (Fsp3) is 0.167. The van der Waals surface area contributed by atoms with Crippen LogP contribution in [0.3, 0.4) is 0 Å². The minimum atomic E-state index is 0.00518. The minimum absolute atomic E-state index is 0.00518. The van der Waals surface area contributed by atoms with Gasteiger partial charge in [-0.25, -0.2) is 0 Å². The Morgan fingerprint density at radius 2 is 1.95 bits per heavy atom. The Morgan fingerprint density at radius 1 is 1.23 bits per heavy atom. The molecule has 0 aliphatic carbocycles. The molecule has 4 heteroatoms. The molecule has 0 radical (unpaired) electrons. The van der Waals surface area contributed by atoms with Gasteiger partial charge in [-0.2, -0.15) is 0 Å². The number of halogens is 1. The molecule has 0 saturated heterocycles. The minimum Gasteiger partial charge on any atom is -0.464 e. The van der Waals surface area contributed by atoms with Crippen molar-refractivity contribution in [1.29, 1.82) is 0 Å². The summed E-state index contributed by atoms with van der Waals surface area (Å²) in [4.78, 5) is 14.1. The third-order valence-electron chi connectivity index (χ3n) is 3.79. The fourth-order valence-electron chi connectivity index (χ4n) is 2.42. The number of rotatable bonds is 3. The van der Waals surface area contributed by atoms with Gasteiger partial charge in [0.25, 0.3) is 0 Å². The molecule has 1 aromatic heterocycles. The van der Waals surface area contributed by atoms with Crippen LogP contribution in [-0.4, -0.2) is 13.0 Å². The molecule has 0 spiro atoms. The van der Waals surface area contributed by atoms with Crippen molar-refractivity contribution in [3.63, 3.8) is 0 Å². The lowest BCUT2D eigenvalue weighted by Gasteiger charge is -2.16. The lowest BCUT2D eigenvalue weighted by atomic mass is 10.1. The number of likely N-dealkylation sites (N-methyl/N-ethyl adjacent to an activating group) is 1. The lowest BCUT2D eigenvalue weighted by Crippen LogP contribution is -2.27. The zero-order valence-corrected chi connectivity index (χ0v) is 13.2. The number of aryl methyl sites for hydroxylation is 1. The number of amides is 1. The Morgan fingerprint density at radius 3 is 2.68 bits per heavy atom. The molecule has 2 aromatic carbocycles. The van der Waals surface area contributed by atoms with Crippen LogP contribution in [0.15, 0.2) is 53.1 Å². The molecule has 3 rings (SSSR count). The van der Waals surface area contributed by atoms with Crippen LogP contribution in [0.2, 0.25) is 5.02 Å². The monoisotopic (exact) mass is 313 g/mol. The highest BCUT2D eigenvalue weighted by Gasteiger charge is 2.15. The summed E-state index contributed by atoms with van der Waals surface area (Å²) >= 11 is 6.17. The number of fused-ring (bicyclic) bond motifs is 1. The van der Waals surface area contributed by atoms with Gasteiger partial charge in [0, 0.05) is 28.7 Å². The Labute approximate surface area is 134 Å². The van der Waals surface area contributed by atoms with Crippen LogP contribution < -0.4 is 4.90 Å². The van der Waals surface area contributed by atoms with Crippen molar-refractivity contribution in [2.24, 2.45) is 0 Å². The molecule has 0 unspecified atom stereocenters. The van der Waals surface area contributed by atoms with E-state index in [0.29, 0.717) is 5.02 Å². The van der Waals surface area contributed by atoms with E-state index in [2.05, 4.69) is 0 Å². The van der Waals surface area contributed by atoms with Crippen molar-refractivity contribution in [3.8, 4) is 0 Å². The molecule has 0 N–H and O–H groups in total. The highest BCUT2D eigenvalue weighted by atomic mass is 35.5. The van der Waals surface area contributed by atoms with Crippen LogP contribution in [0.25, 0.3) is 11.0 Å². The number of para-hydroxylation sites is 1. The van der Waals surface area contributed by atoms with Crippen molar-refractivity contribution in [1.82, 2.24) is 0 Å². The summed E-state index contributed by atoms with van der Waals surface area (Å²) in [6.07, 6.45) is 1.91. The molecule has 22 heavy (non-hydrogen) atoms. The van der Waals surface area contributed by atoms with E-state index in [4.69, 9.17) is 16.0 Å². The van der Waals surface area contributed by atoms with Crippen molar-refractivity contribution in [2.75, 3.05) is 11.9 Å². The molecule has 1 amide bonds. The van der Waals surface area contributed by atoms with E-state index in [1.165, 1.54) is 0 Å². The SMILES string of the molecule is Cc1cc2occ(CC(=O)N(C)c3ccccc3)c2cc1Cl. The first-order valence-electron chi connectivity index (χ1n) is 7.04. The van der Waals surface area contributed by atoms with Gasteiger partial charge < -0.3 is 9.32 Å². The largest absolute Gasteiger partial charge is 0.464 e. The first-order chi connectivity index (χ1) is 10.6. The highest BCUT2D eigenvalue weighted by Crippen LogP contribution is 2.28. The second-order valence-electron chi connectivity index (χ2n) is 5.32. The van der Waals surface area contributed by atoms with Gasteiger partial charge in [0.15, 0.2) is 0 Å². The Kier molecular flexibility index (Phi) is 3.90. The number of hydrogen-bond donors (Lipinski definition) is 0. The Balaban J connectivity index is 1.87. The molecular formula is C18H16ClNO2. The number of carbonyl (C=O) groups excluding carboxylic acids is 1. The van der Waals surface area contributed by atoms with Gasteiger partial charge in [0.05, 0.1) is 12.7 Å². The molecule has 0 atom stereocenters. The molecule has 1 heterocycles. The molecule has 0 fully saturated rings. The van der Waals surface area contributed by atoms with Gasteiger partial charge in [-0.3, -0.25) is 4.79 Å². The van der Waals surface area contributed by atoms with Gasteiger partial charge >= 0.3 is 0 Å². The number of anilines is 1. The number of benzene rings is 2. The summed E-state index contributed by atoms with van der Waals surface area (Å²) in [5.74, 6) is 0.00518. The molecular weight excluding hydrogens is 298 g/mol. The molecule has 0 aliphatic rings. The van der Waals surface area contributed by atoms with Crippen LogP contribution >= 0.6 is 11.6 Å². The molecule has 0 bridgehead atoms. The predicted octanol–water partition coefficient (Wildman–Crippen LogP) is 4.60. The standard InChI is InChI=1S/C18H16ClNO2/c1-12-8-17-15(10-16(12)19)13(11-22-17)9-18(21)20(2)14-6-4-3-5-7-14/h3-8,10-11H,9H2,1-2H3. The lowest BCUT2D eigenvalue weighted by molar-refractivity contribution is -0.117. The van der Waals surface area contributed by atoms with Crippen LogP contribution in [0, 0.1) is 6.92 Å². The van der Waals surface area contributed by atoms with E-state index >= 15 is 0 Å². The van der Waals surface area contributed by atoms with Crippen LogP contribution in [0.1, 0.15) is 11.1 Å². The van der Waals surface area contributed by atoms with Crippen molar-refractivity contribution in [3.05, 3.63) is 64.9 Å². The van der Waals surface area contributed by atoms with Gasteiger partial charge in [-0.05, 0) is 36.8 Å². The Hall–Kier alpha value is -2.26. The van der Waals surface area contributed by atoms with Gasteiger partial charge in [-0.15, -0.1) is 0 Å². The molecule has 112 valence electrons. The first kappa shape index (κ1) is 14.7. The fourth-order valence-corrected chi connectivity index (χ4v) is 2.58. The van der Waals surface area contributed by atoms with Crippen LogP contribution in [-0.2, 0) is 11.2 Å². The first-order valence-corrected chi connectivity index (χ1v) is 7.42. The van der Waals surface area contributed by atoms with E-state index < -0.39 is 0 Å². The molecule has 0 saturated carbocycles. The summed E-state index contributed by atoms with van der Waals surface area (Å²) in [7, 11) is 1.77. The summed E-state index contributed by atoms with van der Waals surface area (Å²) in [5.41, 5.74) is 3.44. The van der Waals surface area contributed by atoms with E-state index in [-0.39, 0.29) is 12.3 Å². The molecule has 3 nitrogen and oxygen atoms in total. The van der Waals surface area contributed by atoms with E-state index in [9.17, 15) is 4.79 Å². The summed E-state index contributed by atoms with van der Waals surface area (Å²) < 4.78 is 5.54. The van der Waals surface area contributed by atoms with E-state index in [0.717, 1.165) is 27.8 Å². The van der Waals surface area contributed by atoms with Gasteiger partial charge in [-0.1, -0.05) is 29.8 Å². The Bertz CT molecular complexity index is 824. The van der Waals surface area contributed by atoms with Crippen LogP contribution in [0.4, 0.5) is 5.69 Å². The van der Waals surface area contributed by atoms with E-state index in [1.54, 1.807) is 18.2 Å². The third-order valence-corrected chi connectivity index (χ3v) is 4.20. The maximum Gasteiger partial charge on any atom is 0.231 e. The molecule has 3 aromatic rings. The van der Waals surface area contributed by atoms with Gasteiger partial charge in [0.1, 0.15) is 5.58 Å². The number of hydrogen-bond acceptors (Lipinski definition) is 2. The average molecular weight is 314 g/mol. The van der Waals surface area contributed by atoms with Crippen LogP contribution in [0.5, 0.6) is 0 Å². The normalized spacial score (nSPS) is 10.9. The van der Waals surface area contributed by atoms with Gasteiger partial charge in [0.2, 0.25) is 5.91 Å². The maximum atomic E-state index is 12.5. The quantitative estimate of drug-likeness (QED) is 0.708. The highest BCUT2D eigenvalue weighted by molar-refractivity contribution is 6.32. The maximum absolute atomic E-state index is 12.5.